The number of hydrogen-bond donors (Lipinski definition) is 1. The molecular formula is C15H16N2O3. The van der Waals surface area contributed by atoms with Crippen molar-refractivity contribution in [3.05, 3.63) is 30.5 Å². The highest BCUT2D eigenvalue weighted by Crippen LogP contribution is 2.34. The Hall–Kier alpha value is -2.30. The minimum Gasteiger partial charge on any atom is -0.496 e. The van der Waals surface area contributed by atoms with Crippen molar-refractivity contribution in [3.63, 3.8) is 0 Å². The van der Waals surface area contributed by atoms with Gasteiger partial charge in [-0.3, -0.25) is 0 Å². The zero-order valence-corrected chi connectivity index (χ0v) is 11.2. The number of fused-ring (bicyclic) bond motifs is 1. The number of methoxy groups -OCH3 is 1. The summed E-state index contributed by atoms with van der Waals surface area (Å²) in [6.07, 6.45) is 3.24. The molecule has 1 aliphatic heterocycles. The maximum Gasteiger partial charge on any atom is 0.326 e. The molecule has 0 aliphatic carbocycles. The van der Waals surface area contributed by atoms with Crippen molar-refractivity contribution >= 4 is 22.6 Å². The van der Waals surface area contributed by atoms with E-state index in [4.69, 9.17) is 4.74 Å². The third kappa shape index (κ3) is 1.95. The summed E-state index contributed by atoms with van der Waals surface area (Å²) in [7, 11) is 1.63. The van der Waals surface area contributed by atoms with Crippen molar-refractivity contribution in [3.8, 4) is 5.75 Å². The van der Waals surface area contributed by atoms with Crippen LogP contribution in [0.1, 0.15) is 12.8 Å². The molecule has 1 aromatic carbocycles. The molecule has 3 rings (SSSR count). The van der Waals surface area contributed by atoms with Crippen molar-refractivity contribution in [1.82, 2.24) is 4.98 Å². The Bertz CT molecular complexity index is 657. The van der Waals surface area contributed by atoms with Gasteiger partial charge in [0.05, 0.1) is 7.11 Å². The van der Waals surface area contributed by atoms with E-state index in [0.29, 0.717) is 6.42 Å². The van der Waals surface area contributed by atoms with Crippen LogP contribution in [0, 0.1) is 0 Å². The van der Waals surface area contributed by atoms with E-state index in [1.54, 1.807) is 13.3 Å². The van der Waals surface area contributed by atoms with Gasteiger partial charge in [-0.1, -0.05) is 12.1 Å². The van der Waals surface area contributed by atoms with Gasteiger partial charge in [-0.25, -0.2) is 9.78 Å². The summed E-state index contributed by atoms with van der Waals surface area (Å²) in [5.41, 5.74) is 0. The summed E-state index contributed by atoms with van der Waals surface area (Å²) >= 11 is 0. The largest absolute Gasteiger partial charge is 0.496 e. The highest BCUT2D eigenvalue weighted by Gasteiger charge is 2.32. The van der Waals surface area contributed by atoms with Crippen molar-refractivity contribution in [2.24, 2.45) is 0 Å². The number of anilines is 1. The van der Waals surface area contributed by atoms with Crippen LogP contribution < -0.4 is 9.64 Å². The Balaban J connectivity index is 2.14. The molecule has 1 aliphatic rings. The second-order valence-electron chi connectivity index (χ2n) is 4.88. The number of hydrogen-bond acceptors (Lipinski definition) is 4. The second kappa shape index (κ2) is 5.00. The molecule has 0 amide bonds. The topological polar surface area (TPSA) is 62.7 Å². The van der Waals surface area contributed by atoms with E-state index in [-0.39, 0.29) is 0 Å². The Kier molecular flexibility index (Phi) is 3.18. The molecule has 20 heavy (non-hydrogen) atoms. The van der Waals surface area contributed by atoms with E-state index in [1.807, 2.05) is 29.2 Å². The molecule has 0 spiro atoms. The minimum absolute atomic E-state index is 0.487. The maximum atomic E-state index is 11.4. The van der Waals surface area contributed by atoms with Gasteiger partial charge in [-0.05, 0) is 25.0 Å². The van der Waals surface area contributed by atoms with E-state index in [2.05, 4.69) is 4.98 Å². The fourth-order valence-electron chi connectivity index (χ4n) is 2.85. The average molecular weight is 272 g/mol. The fraction of sp³-hybridized carbons (Fsp3) is 0.333. The number of rotatable bonds is 3. The number of carbonyl (C=O) groups is 1. The number of ether oxygens (including phenoxy) is 1. The summed E-state index contributed by atoms with van der Waals surface area (Å²) < 4.78 is 5.36. The van der Waals surface area contributed by atoms with Crippen LogP contribution in [0.3, 0.4) is 0 Å². The van der Waals surface area contributed by atoms with Crippen LogP contribution in [0.15, 0.2) is 30.5 Å². The van der Waals surface area contributed by atoms with E-state index >= 15 is 0 Å². The number of aliphatic carboxylic acids is 1. The number of pyridine rings is 1. The van der Waals surface area contributed by atoms with E-state index in [9.17, 15) is 9.90 Å². The van der Waals surface area contributed by atoms with Gasteiger partial charge in [0, 0.05) is 23.5 Å². The summed E-state index contributed by atoms with van der Waals surface area (Å²) in [4.78, 5) is 17.6. The predicted molar refractivity (Wildman–Crippen MR) is 76.3 cm³/mol. The van der Waals surface area contributed by atoms with Crippen LogP contribution in [0.2, 0.25) is 0 Å². The normalized spacial score (nSPS) is 18.4. The van der Waals surface area contributed by atoms with E-state index in [1.165, 1.54) is 0 Å². The number of benzene rings is 1. The molecule has 1 atom stereocenters. The molecule has 5 heteroatoms. The first-order valence-corrected chi connectivity index (χ1v) is 6.63. The van der Waals surface area contributed by atoms with Crippen LogP contribution in [0.25, 0.3) is 10.8 Å². The first-order valence-electron chi connectivity index (χ1n) is 6.63. The fourth-order valence-corrected chi connectivity index (χ4v) is 2.85. The molecule has 1 saturated heterocycles. The van der Waals surface area contributed by atoms with Crippen molar-refractivity contribution < 1.29 is 14.6 Å². The highest BCUT2D eigenvalue weighted by molar-refractivity contribution is 5.97. The van der Waals surface area contributed by atoms with Gasteiger partial charge < -0.3 is 14.7 Å². The third-order valence-corrected chi connectivity index (χ3v) is 3.77. The predicted octanol–water partition coefficient (Wildman–Crippen LogP) is 2.30. The number of nitrogens with zero attached hydrogens (tertiary/aromatic N) is 2. The quantitative estimate of drug-likeness (QED) is 0.928. The molecule has 104 valence electrons. The molecule has 0 bridgehead atoms. The smallest absolute Gasteiger partial charge is 0.326 e. The lowest BCUT2D eigenvalue weighted by molar-refractivity contribution is -0.138. The number of aromatic nitrogens is 1. The molecule has 1 unspecified atom stereocenters. The van der Waals surface area contributed by atoms with Gasteiger partial charge in [-0.2, -0.15) is 0 Å². The monoisotopic (exact) mass is 272 g/mol. The van der Waals surface area contributed by atoms with Gasteiger partial charge in [0.25, 0.3) is 0 Å². The van der Waals surface area contributed by atoms with Crippen LogP contribution in [0.5, 0.6) is 5.75 Å². The maximum absolute atomic E-state index is 11.4. The van der Waals surface area contributed by atoms with Gasteiger partial charge in [0.15, 0.2) is 0 Å². The Morgan fingerprint density at radius 3 is 3.00 bits per heavy atom. The summed E-state index contributed by atoms with van der Waals surface area (Å²) in [5, 5.41) is 11.2. The molecule has 2 heterocycles. The third-order valence-electron chi connectivity index (χ3n) is 3.77. The standard InChI is InChI=1S/C15H16N2O3/c1-20-13-6-2-4-11-10(13)7-8-16-14(11)17-9-3-5-12(17)15(18)19/h2,4,6-8,12H,3,5,9H2,1H3,(H,18,19). The first-order chi connectivity index (χ1) is 9.72. The average Bonchev–Trinajstić information content (AvgIpc) is 2.95. The van der Waals surface area contributed by atoms with E-state index in [0.717, 1.165) is 35.3 Å². The second-order valence-corrected chi connectivity index (χ2v) is 4.88. The van der Waals surface area contributed by atoms with Crippen LogP contribution in [0.4, 0.5) is 5.82 Å². The zero-order valence-electron chi connectivity index (χ0n) is 11.2. The van der Waals surface area contributed by atoms with Gasteiger partial charge in [0.2, 0.25) is 0 Å². The van der Waals surface area contributed by atoms with Crippen molar-refractivity contribution in [2.75, 3.05) is 18.6 Å². The highest BCUT2D eigenvalue weighted by atomic mass is 16.5. The van der Waals surface area contributed by atoms with E-state index < -0.39 is 12.0 Å². The lowest BCUT2D eigenvalue weighted by Gasteiger charge is -2.24. The summed E-state index contributed by atoms with van der Waals surface area (Å²) in [6.45, 7) is 0.723. The van der Waals surface area contributed by atoms with Crippen molar-refractivity contribution in [2.45, 2.75) is 18.9 Å². The zero-order chi connectivity index (χ0) is 14.1. The number of carboxylic acid groups (broad SMARTS) is 1. The molecule has 0 saturated carbocycles. The molecule has 2 aromatic rings. The Morgan fingerprint density at radius 1 is 1.40 bits per heavy atom. The minimum atomic E-state index is -0.788. The lowest BCUT2D eigenvalue weighted by Crippen LogP contribution is -2.36. The Morgan fingerprint density at radius 2 is 2.25 bits per heavy atom. The molecule has 0 radical (unpaired) electrons. The van der Waals surface area contributed by atoms with Crippen LogP contribution in [-0.2, 0) is 4.79 Å². The Labute approximate surface area is 116 Å². The molecule has 1 fully saturated rings. The summed E-state index contributed by atoms with van der Waals surface area (Å²) in [5.74, 6) is 0.715. The number of carboxylic acids is 1. The lowest BCUT2D eigenvalue weighted by atomic mass is 10.1. The van der Waals surface area contributed by atoms with Crippen LogP contribution >= 0.6 is 0 Å². The molecule has 1 aromatic heterocycles. The molecule has 5 nitrogen and oxygen atoms in total. The van der Waals surface area contributed by atoms with Gasteiger partial charge >= 0.3 is 5.97 Å². The van der Waals surface area contributed by atoms with Crippen LogP contribution in [-0.4, -0.2) is 35.8 Å². The molecular weight excluding hydrogens is 256 g/mol. The van der Waals surface area contributed by atoms with Crippen molar-refractivity contribution in [1.29, 1.82) is 0 Å². The first kappa shape index (κ1) is 12.7. The molecule has 1 N–H and O–H groups in total. The SMILES string of the molecule is COc1cccc2c(N3CCCC3C(=O)O)nccc12. The van der Waals surface area contributed by atoms with Gasteiger partial charge in [-0.15, -0.1) is 0 Å². The van der Waals surface area contributed by atoms with Gasteiger partial charge in [0.1, 0.15) is 17.6 Å². The summed E-state index contributed by atoms with van der Waals surface area (Å²) in [6, 6.07) is 7.16.